The van der Waals surface area contributed by atoms with Gasteiger partial charge >= 0.3 is 0 Å². The Bertz CT molecular complexity index is 654. The second-order valence-electron chi connectivity index (χ2n) is 7.45. The fourth-order valence-electron chi connectivity index (χ4n) is 2.67. The summed E-state index contributed by atoms with van der Waals surface area (Å²) in [5.41, 5.74) is 4.01. The molecule has 3 heteroatoms. The zero-order valence-electron chi connectivity index (χ0n) is 13.9. The van der Waals surface area contributed by atoms with Gasteiger partial charge in [0, 0.05) is 5.41 Å². The van der Waals surface area contributed by atoms with E-state index in [2.05, 4.69) is 64.7 Å². The van der Waals surface area contributed by atoms with Crippen LogP contribution in [-0.2, 0) is 10.8 Å². The molecule has 0 amide bonds. The van der Waals surface area contributed by atoms with E-state index < -0.39 is 0 Å². The highest BCUT2D eigenvalue weighted by atomic mass is 35.5. The topological polar surface area (TPSA) is 25.8 Å². The van der Waals surface area contributed by atoms with Gasteiger partial charge in [0.15, 0.2) is 5.15 Å². The number of nitrogens with zero attached hydrogens (tertiary/aromatic N) is 2. The van der Waals surface area contributed by atoms with E-state index in [0.717, 1.165) is 29.6 Å². The van der Waals surface area contributed by atoms with Gasteiger partial charge in [-0.2, -0.15) is 0 Å². The Labute approximate surface area is 133 Å². The predicted octanol–water partition coefficient (Wildman–Crippen LogP) is 5.66. The Morgan fingerprint density at radius 1 is 1.00 bits per heavy atom. The van der Waals surface area contributed by atoms with Gasteiger partial charge in [0.1, 0.15) is 0 Å². The summed E-state index contributed by atoms with van der Waals surface area (Å²) >= 11 is 6.42. The molecule has 1 heterocycles. The molecule has 0 spiro atoms. The third-order valence-corrected chi connectivity index (χ3v) is 4.27. The van der Waals surface area contributed by atoms with Crippen LogP contribution in [0.4, 0.5) is 0 Å². The van der Waals surface area contributed by atoms with Gasteiger partial charge in [0.25, 0.3) is 0 Å². The number of rotatable bonds is 3. The van der Waals surface area contributed by atoms with Gasteiger partial charge in [-0.15, -0.1) is 0 Å². The van der Waals surface area contributed by atoms with Gasteiger partial charge in [-0.1, -0.05) is 65.6 Å². The molecule has 0 aliphatic carbocycles. The standard InChI is InChI=1S/C18H25ClN2/c1-7-10-18(5,6)15-16(19)21-14-11-12(17(2,3)4)8-9-13(14)20-15/h8-9,11H,7,10H2,1-6H3. The average molecular weight is 305 g/mol. The largest absolute Gasteiger partial charge is 0.247 e. The summed E-state index contributed by atoms with van der Waals surface area (Å²) in [5.74, 6) is 0. The zero-order valence-corrected chi connectivity index (χ0v) is 14.7. The van der Waals surface area contributed by atoms with Crippen molar-refractivity contribution in [3.05, 3.63) is 34.6 Å². The van der Waals surface area contributed by atoms with Crippen LogP contribution in [0.15, 0.2) is 18.2 Å². The molecule has 0 atom stereocenters. The van der Waals surface area contributed by atoms with Crippen molar-refractivity contribution in [1.82, 2.24) is 9.97 Å². The van der Waals surface area contributed by atoms with E-state index >= 15 is 0 Å². The first-order valence-corrected chi connectivity index (χ1v) is 8.01. The van der Waals surface area contributed by atoms with E-state index in [-0.39, 0.29) is 10.8 Å². The minimum Gasteiger partial charge on any atom is -0.247 e. The minimum absolute atomic E-state index is 0.0459. The molecule has 0 bridgehead atoms. The Kier molecular flexibility index (Phi) is 4.30. The molecular weight excluding hydrogens is 280 g/mol. The van der Waals surface area contributed by atoms with Crippen molar-refractivity contribution in [3.8, 4) is 0 Å². The summed E-state index contributed by atoms with van der Waals surface area (Å²) in [6.07, 6.45) is 2.15. The Morgan fingerprint density at radius 2 is 1.67 bits per heavy atom. The van der Waals surface area contributed by atoms with Crippen molar-refractivity contribution in [1.29, 1.82) is 0 Å². The molecule has 0 aliphatic heterocycles. The number of aromatic nitrogens is 2. The second kappa shape index (κ2) is 5.57. The second-order valence-corrected chi connectivity index (χ2v) is 7.81. The molecule has 114 valence electrons. The van der Waals surface area contributed by atoms with Gasteiger partial charge < -0.3 is 0 Å². The molecule has 2 nitrogen and oxygen atoms in total. The summed E-state index contributed by atoms with van der Waals surface area (Å²) in [4.78, 5) is 9.40. The van der Waals surface area contributed by atoms with Crippen LogP contribution in [0, 0.1) is 0 Å². The number of hydrogen-bond donors (Lipinski definition) is 0. The molecule has 0 N–H and O–H groups in total. The van der Waals surface area contributed by atoms with Gasteiger partial charge in [-0.3, -0.25) is 0 Å². The highest BCUT2D eigenvalue weighted by Crippen LogP contribution is 2.33. The minimum atomic E-state index is -0.0459. The van der Waals surface area contributed by atoms with Crippen LogP contribution in [0.5, 0.6) is 0 Å². The highest BCUT2D eigenvalue weighted by Gasteiger charge is 2.26. The maximum absolute atomic E-state index is 6.42. The molecule has 0 saturated heterocycles. The van der Waals surface area contributed by atoms with Gasteiger partial charge in [0.05, 0.1) is 16.7 Å². The van der Waals surface area contributed by atoms with Crippen molar-refractivity contribution in [3.63, 3.8) is 0 Å². The van der Waals surface area contributed by atoms with E-state index in [1.54, 1.807) is 0 Å². The summed E-state index contributed by atoms with van der Waals surface area (Å²) < 4.78 is 0. The van der Waals surface area contributed by atoms with Crippen molar-refractivity contribution < 1.29 is 0 Å². The number of benzene rings is 1. The lowest BCUT2D eigenvalue weighted by molar-refractivity contribution is 0.459. The monoisotopic (exact) mass is 304 g/mol. The molecule has 0 saturated carbocycles. The van der Waals surface area contributed by atoms with Crippen molar-refractivity contribution in [2.75, 3.05) is 0 Å². The van der Waals surface area contributed by atoms with Crippen LogP contribution in [0.1, 0.15) is 65.6 Å². The fraction of sp³-hybridized carbons (Fsp3) is 0.556. The fourth-order valence-corrected chi connectivity index (χ4v) is 3.06. The van der Waals surface area contributed by atoms with Crippen LogP contribution in [-0.4, -0.2) is 9.97 Å². The maximum Gasteiger partial charge on any atom is 0.151 e. The molecule has 21 heavy (non-hydrogen) atoms. The maximum atomic E-state index is 6.42. The number of hydrogen-bond acceptors (Lipinski definition) is 2. The third-order valence-electron chi connectivity index (χ3n) is 4.00. The lowest BCUT2D eigenvalue weighted by atomic mass is 9.84. The summed E-state index contributed by atoms with van der Waals surface area (Å²) in [7, 11) is 0. The normalized spacial score (nSPS) is 12.9. The molecule has 0 fully saturated rings. The zero-order chi connectivity index (χ0) is 15.8. The molecule has 2 aromatic rings. The Hall–Kier alpha value is -1.15. The van der Waals surface area contributed by atoms with Crippen LogP contribution in [0.2, 0.25) is 5.15 Å². The summed E-state index contributed by atoms with van der Waals surface area (Å²) in [6.45, 7) is 13.1. The lowest BCUT2D eigenvalue weighted by Gasteiger charge is -2.25. The van der Waals surface area contributed by atoms with Crippen molar-refractivity contribution >= 4 is 22.6 Å². The van der Waals surface area contributed by atoms with Crippen LogP contribution >= 0.6 is 11.6 Å². The van der Waals surface area contributed by atoms with E-state index in [0.29, 0.717) is 5.15 Å². The molecule has 1 aromatic carbocycles. The quantitative estimate of drug-likeness (QED) is 0.731. The Morgan fingerprint density at radius 3 is 2.24 bits per heavy atom. The van der Waals surface area contributed by atoms with Gasteiger partial charge in [-0.25, -0.2) is 9.97 Å². The average Bonchev–Trinajstić information content (AvgIpc) is 2.35. The van der Waals surface area contributed by atoms with E-state index in [9.17, 15) is 0 Å². The molecule has 2 rings (SSSR count). The van der Waals surface area contributed by atoms with Crippen LogP contribution in [0.3, 0.4) is 0 Å². The number of halogens is 1. The third kappa shape index (κ3) is 3.37. The first-order chi connectivity index (χ1) is 9.65. The predicted molar refractivity (Wildman–Crippen MR) is 91.2 cm³/mol. The first-order valence-electron chi connectivity index (χ1n) is 7.63. The molecule has 0 aliphatic rings. The first kappa shape index (κ1) is 16.2. The summed E-state index contributed by atoms with van der Waals surface area (Å²) in [5, 5.41) is 0.534. The van der Waals surface area contributed by atoms with E-state index in [1.165, 1.54) is 5.56 Å². The summed E-state index contributed by atoms with van der Waals surface area (Å²) in [6, 6.07) is 6.30. The molecule has 0 radical (unpaired) electrons. The Balaban J connectivity index is 2.58. The highest BCUT2D eigenvalue weighted by molar-refractivity contribution is 6.30. The van der Waals surface area contributed by atoms with Crippen molar-refractivity contribution in [2.24, 2.45) is 0 Å². The van der Waals surface area contributed by atoms with Crippen LogP contribution in [0.25, 0.3) is 11.0 Å². The molecular formula is C18H25ClN2. The van der Waals surface area contributed by atoms with Crippen LogP contribution < -0.4 is 0 Å². The van der Waals surface area contributed by atoms with Crippen molar-refractivity contribution in [2.45, 2.75) is 65.2 Å². The lowest BCUT2D eigenvalue weighted by Crippen LogP contribution is -2.20. The van der Waals surface area contributed by atoms with Gasteiger partial charge in [0.2, 0.25) is 0 Å². The smallest absolute Gasteiger partial charge is 0.151 e. The molecule has 0 unspecified atom stereocenters. The molecule has 1 aromatic heterocycles. The SMILES string of the molecule is CCCC(C)(C)c1nc2ccc(C(C)(C)C)cc2nc1Cl. The van der Waals surface area contributed by atoms with E-state index in [1.807, 2.05) is 0 Å². The van der Waals surface area contributed by atoms with E-state index in [4.69, 9.17) is 16.6 Å². The number of fused-ring (bicyclic) bond motifs is 1. The van der Waals surface area contributed by atoms with Gasteiger partial charge in [-0.05, 0) is 29.5 Å².